The van der Waals surface area contributed by atoms with Crippen LogP contribution in [0.15, 0.2) is 30.3 Å². The van der Waals surface area contributed by atoms with E-state index in [9.17, 15) is 13.2 Å². The van der Waals surface area contributed by atoms with Crippen LogP contribution in [0.3, 0.4) is 0 Å². The number of hydrogen-bond donors (Lipinski definition) is 1. The molecular formula is C8H6O5S. The Kier molecular flexibility index (Phi) is 3.24. The molecule has 0 aliphatic heterocycles. The zero-order chi connectivity index (χ0) is 10.6. The van der Waals surface area contributed by atoms with E-state index in [1.54, 1.807) is 18.2 Å². The third-order valence-corrected chi connectivity index (χ3v) is 1.84. The maximum absolute atomic E-state index is 10.4. The number of carboxylic acids is 1. The fourth-order valence-corrected chi connectivity index (χ4v) is 1.05. The molecule has 1 aromatic carbocycles. The van der Waals surface area contributed by atoms with E-state index in [0.29, 0.717) is 0 Å². The fourth-order valence-electron chi connectivity index (χ4n) is 0.745. The molecule has 1 rings (SSSR count). The first-order valence-corrected chi connectivity index (χ1v) is 4.61. The SMILES string of the molecule is O=C(O)C(Oc1ccccc1)=S(=O)=O. The van der Waals surface area contributed by atoms with Crippen molar-refractivity contribution in [2.75, 3.05) is 0 Å². The van der Waals surface area contributed by atoms with Gasteiger partial charge in [0, 0.05) is 0 Å². The van der Waals surface area contributed by atoms with Crippen LogP contribution in [-0.2, 0) is 15.1 Å². The predicted molar refractivity (Wildman–Crippen MR) is 48.6 cm³/mol. The molecule has 0 fully saturated rings. The smallest absolute Gasteiger partial charge is 0.388 e. The van der Waals surface area contributed by atoms with Gasteiger partial charge in [0.05, 0.1) is 0 Å². The van der Waals surface area contributed by atoms with Gasteiger partial charge < -0.3 is 9.84 Å². The maximum Gasteiger partial charge on any atom is 0.388 e. The van der Waals surface area contributed by atoms with Crippen molar-refractivity contribution in [2.45, 2.75) is 0 Å². The molecule has 5 nitrogen and oxygen atoms in total. The number of ether oxygens (including phenoxy) is 1. The second-order valence-corrected chi connectivity index (χ2v) is 3.08. The van der Waals surface area contributed by atoms with Gasteiger partial charge in [0.2, 0.25) is 0 Å². The Morgan fingerprint density at radius 1 is 1.21 bits per heavy atom. The molecule has 0 atom stereocenters. The third-order valence-electron chi connectivity index (χ3n) is 1.28. The summed E-state index contributed by atoms with van der Waals surface area (Å²) in [7, 11) is -2.89. The van der Waals surface area contributed by atoms with Crippen LogP contribution in [0.2, 0.25) is 0 Å². The molecule has 0 amide bonds. The van der Waals surface area contributed by atoms with Crippen LogP contribution >= 0.6 is 0 Å². The lowest BCUT2D eigenvalue weighted by atomic mass is 10.3. The van der Waals surface area contributed by atoms with Gasteiger partial charge in [-0.25, -0.2) is 4.79 Å². The highest BCUT2D eigenvalue weighted by molar-refractivity contribution is 7.74. The van der Waals surface area contributed by atoms with E-state index in [-0.39, 0.29) is 5.75 Å². The van der Waals surface area contributed by atoms with Gasteiger partial charge in [-0.2, -0.15) is 8.42 Å². The van der Waals surface area contributed by atoms with E-state index in [1.807, 2.05) is 0 Å². The molecular weight excluding hydrogens is 208 g/mol. The average Bonchev–Trinajstić information content (AvgIpc) is 2.15. The Bertz CT molecular complexity index is 452. The summed E-state index contributed by atoms with van der Waals surface area (Å²) in [5.74, 6) is -1.46. The van der Waals surface area contributed by atoms with Gasteiger partial charge in [0.15, 0.2) is 0 Å². The second kappa shape index (κ2) is 4.43. The Hall–Kier alpha value is -1.82. The Morgan fingerprint density at radius 3 is 2.21 bits per heavy atom. The van der Waals surface area contributed by atoms with E-state index in [1.165, 1.54) is 12.1 Å². The summed E-state index contributed by atoms with van der Waals surface area (Å²) >= 11 is 0. The predicted octanol–water partition coefficient (Wildman–Crippen LogP) is 0.159. The van der Waals surface area contributed by atoms with Gasteiger partial charge in [0.1, 0.15) is 5.75 Å². The van der Waals surface area contributed by atoms with E-state index in [0.717, 1.165) is 0 Å². The first kappa shape index (κ1) is 10.3. The van der Waals surface area contributed by atoms with Crippen LogP contribution in [0.5, 0.6) is 5.75 Å². The molecule has 74 valence electrons. The molecule has 14 heavy (non-hydrogen) atoms. The van der Waals surface area contributed by atoms with E-state index in [2.05, 4.69) is 4.74 Å². The maximum atomic E-state index is 10.4. The molecule has 0 spiro atoms. The van der Waals surface area contributed by atoms with Gasteiger partial charge in [-0.1, -0.05) is 18.2 Å². The molecule has 6 heteroatoms. The summed E-state index contributed by atoms with van der Waals surface area (Å²) in [6.45, 7) is 0. The van der Waals surface area contributed by atoms with Crippen LogP contribution < -0.4 is 4.74 Å². The summed E-state index contributed by atoms with van der Waals surface area (Å²) in [6, 6.07) is 7.80. The van der Waals surface area contributed by atoms with Crippen molar-refractivity contribution in [1.29, 1.82) is 0 Å². The number of para-hydroxylation sites is 1. The van der Waals surface area contributed by atoms with Crippen molar-refractivity contribution in [3.63, 3.8) is 0 Å². The average molecular weight is 214 g/mol. The quantitative estimate of drug-likeness (QED) is 0.673. The number of rotatable bonds is 1. The molecule has 0 heterocycles. The largest absolute Gasteiger partial charge is 0.475 e. The number of benzene rings is 1. The molecule has 1 aromatic rings. The van der Waals surface area contributed by atoms with Crippen molar-refractivity contribution < 1.29 is 23.1 Å². The number of aliphatic carboxylic acids is 1. The lowest BCUT2D eigenvalue weighted by Crippen LogP contribution is -2.20. The first-order chi connectivity index (χ1) is 6.61. The minimum Gasteiger partial charge on any atom is -0.475 e. The van der Waals surface area contributed by atoms with E-state index >= 15 is 0 Å². The van der Waals surface area contributed by atoms with E-state index < -0.39 is 21.3 Å². The number of carboxylic acid groups (broad SMARTS) is 1. The normalized spacial score (nSPS) is 9.14. The molecule has 1 N–H and O–H groups in total. The van der Waals surface area contributed by atoms with Gasteiger partial charge in [-0.05, 0) is 12.1 Å². The van der Waals surface area contributed by atoms with Gasteiger partial charge in [-0.15, -0.1) is 0 Å². The minimum atomic E-state index is -2.89. The van der Waals surface area contributed by atoms with Crippen LogP contribution in [0, 0.1) is 0 Å². The van der Waals surface area contributed by atoms with Gasteiger partial charge in [0.25, 0.3) is 10.3 Å². The molecule has 0 bridgehead atoms. The van der Waals surface area contributed by atoms with Crippen molar-refractivity contribution in [3.05, 3.63) is 30.3 Å². The van der Waals surface area contributed by atoms with Crippen molar-refractivity contribution in [1.82, 2.24) is 0 Å². The van der Waals surface area contributed by atoms with Crippen LogP contribution in [0.1, 0.15) is 0 Å². The van der Waals surface area contributed by atoms with Crippen molar-refractivity contribution >= 4 is 21.3 Å². The topological polar surface area (TPSA) is 80.7 Å². The zero-order valence-electron chi connectivity index (χ0n) is 6.88. The Morgan fingerprint density at radius 2 is 1.79 bits per heavy atom. The summed E-state index contributed by atoms with van der Waals surface area (Å²) < 4.78 is 25.4. The van der Waals surface area contributed by atoms with Crippen molar-refractivity contribution in [2.24, 2.45) is 0 Å². The minimum absolute atomic E-state index is 0.161. The second-order valence-electron chi connectivity index (χ2n) is 2.24. The number of carbonyl (C=O) groups is 1. The fraction of sp³-hybridized carbons (Fsp3) is 0. The highest BCUT2D eigenvalue weighted by Gasteiger charge is 2.13. The summed E-state index contributed by atoms with van der Waals surface area (Å²) in [5.41, 5.74) is 0. The van der Waals surface area contributed by atoms with Crippen LogP contribution in [0.4, 0.5) is 0 Å². The molecule has 0 unspecified atom stereocenters. The molecule has 0 aliphatic rings. The Balaban J connectivity index is 3.00. The van der Waals surface area contributed by atoms with Gasteiger partial charge in [-0.3, -0.25) is 0 Å². The zero-order valence-corrected chi connectivity index (χ0v) is 7.69. The monoisotopic (exact) mass is 214 g/mol. The van der Waals surface area contributed by atoms with Crippen LogP contribution in [-0.4, -0.2) is 24.5 Å². The van der Waals surface area contributed by atoms with E-state index in [4.69, 9.17) is 5.11 Å². The van der Waals surface area contributed by atoms with Crippen LogP contribution in [0.25, 0.3) is 0 Å². The molecule has 0 aromatic heterocycles. The highest BCUT2D eigenvalue weighted by Crippen LogP contribution is 2.08. The Labute approximate surface area is 81.1 Å². The van der Waals surface area contributed by atoms with Crippen molar-refractivity contribution in [3.8, 4) is 5.75 Å². The van der Waals surface area contributed by atoms with Gasteiger partial charge >= 0.3 is 11.0 Å². The summed E-state index contributed by atoms with van der Waals surface area (Å²) in [6.07, 6.45) is 0. The summed E-state index contributed by atoms with van der Waals surface area (Å²) in [5, 5.41) is 7.43. The molecule has 0 aliphatic carbocycles. The highest BCUT2D eigenvalue weighted by atomic mass is 32.2. The number of hydrogen-bond acceptors (Lipinski definition) is 4. The summed E-state index contributed by atoms with van der Waals surface area (Å²) in [4.78, 5) is 10.4. The third kappa shape index (κ3) is 2.60. The lowest BCUT2D eigenvalue weighted by Gasteiger charge is -2.00. The first-order valence-electron chi connectivity index (χ1n) is 3.53. The molecule has 0 saturated heterocycles. The standard InChI is InChI=1S/C8H6O5S/c9-7(10)8(14(11)12)13-6-4-2-1-3-5-6/h1-5H,(H,9,10). The molecule has 0 saturated carbocycles. The lowest BCUT2D eigenvalue weighted by molar-refractivity contribution is -0.130. The molecule has 0 radical (unpaired) electrons.